The lowest BCUT2D eigenvalue weighted by Gasteiger charge is -2.29. The number of allylic oxidation sites excluding steroid dienone is 8. The Hall–Kier alpha value is -1.09. The summed E-state index contributed by atoms with van der Waals surface area (Å²) in [5, 5.41) is 0. The average Bonchev–Trinajstić information content (AvgIpc) is 2.77. The molecule has 4 rings (SSSR count). The summed E-state index contributed by atoms with van der Waals surface area (Å²) in [4.78, 5) is 0. The molecule has 1 heteroatoms. The minimum atomic E-state index is 0.219. The summed E-state index contributed by atoms with van der Waals surface area (Å²) in [6, 6.07) is 7.18. The van der Waals surface area contributed by atoms with Crippen molar-refractivity contribution in [2.75, 3.05) is 0 Å². The van der Waals surface area contributed by atoms with Gasteiger partial charge in [0.2, 0.25) is 0 Å². The Morgan fingerprint density at radius 3 is 2.64 bits per heavy atom. The smallest absolute Gasteiger partial charge is 0.00953 e. The molecule has 1 aromatic carbocycles. The molecular weight excluding hydrogens is 379 g/mol. The SMILES string of the molecule is CC1(C)c2cc(C3=CC=C(I)CC3)ccc2C2C=CC=C[C@@H]21. The third kappa shape index (κ3) is 2.17. The first-order chi connectivity index (χ1) is 10.6. The summed E-state index contributed by atoms with van der Waals surface area (Å²) in [6.07, 6.45) is 16.1. The molecule has 0 amide bonds. The van der Waals surface area contributed by atoms with Gasteiger partial charge in [-0.1, -0.05) is 68.5 Å². The van der Waals surface area contributed by atoms with E-state index in [1.165, 1.54) is 33.1 Å². The fraction of sp³-hybridized carbons (Fsp3) is 0.333. The molecule has 0 spiro atoms. The van der Waals surface area contributed by atoms with E-state index in [0.717, 1.165) is 0 Å². The predicted octanol–water partition coefficient (Wildman–Crippen LogP) is 6.30. The molecule has 0 saturated carbocycles. The number of fused-ring (bicyclic) bond motifs is 3. The van der Waals surface area contributed by atoms with Gasteiger partial charge in [0.1, 0.15) is 0 Å². The van der Waals surface area contributed by atoms with E-state index in [0.29, 0.717) is 11.8 Å². The molecular formula is C21H21I. The normalized spacial score (nSPS) is 28.0. The molecule has 0 heterocycles. The van der Waals surface area contributed by atoms with Crippen molar-refractivity contribution >= 4 is 28.2 Å². The van der Waals surface area contributed by atoms with Crippen LogP contribution in [0.5, 0.6) is 0 Å². The summed E-state index contributed by atoms with van der Waals surface area (Å²) < 4.78 is 1.46. The summed E-state index contributed by atoms with van der Waals surface area (Å²) >= 11 is 2.44. The molecule has 0 fully saturated rings. The van der Waals surface area contributed by atoms with Gasteiger partial charge in [-0.2, -0.15) is 0 Å². The van der Waals surface area contributed by atoms with E-state index in [4.69, 9.17) is 0 Å². The molecule has 0 aromatic heterocycles. The fourth-order valence-electron chi connectivity index (χ4n) is 4.23. The maximum atomic E-state index is 2.47. The number of rotatable bonds is 1. The van der Waals surface area contributed by atoms with Crippen LogP contribution in [0.2, 0.25) is 0 Å². The van der Waals surface area contributed by atoms with Crippen molar-refractivity contribution < 1.29 is 0 Å². The summed E-state index contributed by atoms with van der Waals surface area (Å²) in [6.45, 7) is 4.81. The maximum absolute atomic E-state index is 2.47. The van der Waals surface area contributed by atoms with Crippen LogP contribution in [0.25, 0.3) is 5.57 Å². The number of hydrogen-bond acceptors (Lipinski definition) is 0. The van der Waals surface area contributed by atoms with Crippen molar-refractivity contribution in [2.45, 2.75) is 38.0 Å². The zero-order valence-electron chi connectivity index (χ0n) is 13.1. The largest absolute Gasteiger partial charge is 0.0796 e. The second kappa shape index (κ2) is 5.23. The Bertz CT molecular complexity index is 743. The van der Waals surface area contributed by atoms with Gasteiger partial charge in [0.15, 0.2) is 0 Å². The number of halogens is 1. The molecule has 2 atom stereocenters. The number of hydrogen-bond donors (Lipinski definition) is 0. The van der Waals surface area contributed by atoms with Gasteiger partial charge in [-0.25, -0.2) is 0 Å². The van der Waals surface area contributed by atoms with Gasteiger partial charge >= 0.3 is 0 Å². The van der Waals surface area contributed by atoms with Crippen LogP contribution in [-0.4, -0.2) is 0 Å². The molecule has 3 aliphatic carbocycles. The van der Waals surface area contributed by atoms with Crippen LogP contribution in [0, 0.1) is 5.92 Å². The molecule has 0 bridgehead atoms. The second-order valence-corrected chi connectivity index (χ2v) is 8.54. The Morgan fingerprint density at radius 2 is 1.86 bits per heavy atom. The highest BCUT2D eigenvalue weighted by Crippen LogP contribution is 2.53. The highest BCUT2D eigenvalue weighted by atomic mass is 127. The molecule has 0 radical (unpaired) electrons. The van der Waals surface area contributed by atoms with Crippen LogP contribution in [0.15, 0.2) is 58.2 Å². The van der Waals surface area contributed by atoms with Crippen LogP contribution in [0.1, 0.15) is 49.3 Å². The van der Waals surface area contributed by atoms with Crippen molar-refractivity contribution in [3.05, 3.63) is 74.9 Å². The maximum Gasteiger partial charge on any atom is 0.00953 e. The van der Waals surface area contributed by atoms with Crippen LogP contribution in [0.4, 0.5) is 0 Å². The third-order valence-corrected chi connectivity index (χ3v) is 6.44. The van der Waals surface area contributed by atoms with Crippen LogP contribution >= 0.6 is 22.6 Å². The molecule has 22 heavy (non-hydrogen) atoms. The average molecular weight is 400 g/mol. The van der Waals surface area contributed by atoms with Crippen molar-refractivity contribution in [3.63, 3.8) is 0 Å². The van der Waals surface area contributed by atoms with Gasteiger partial charge in [0.25, 0.3) is 0 Å². The summed E-state index contributed by atoms with van der Waals surface area (Å²) in [5.41, 5.74) is 6.19. The topological polar surface area (TPSA) is 0 Å². The van der Waals surface area contributed by atoms with E-state index < -0.39 is 0 Å². The minimum absolute atomic E-state index is 0.219. The molecule has 0 N–H and O–H groups in total. The van der Waals surface area contributed by atoms with E-state index in [2.05, 4.69) is 91.1 Å². The van der Waals surface area contributed by atoms with Gasteiger partial charge in [0, 0.05) is 5.92 Å². The molecule has 0 nitrogen and oxygen atoms in total. The first-order valence-electron chi connectivity index (χ1n) is 8.12. The van der Waals surface area contributed by atoms with E-state index in [9.17, 15) is 0 Å². The van der Waals surface area contributed by atoms with Crippen LogP contribution < -0.4 is 0 Å². The zero-order chi connectivity index (χ0) is 15.3. The standard InChI is InChI=1S/C21H21I/c1-21(2)19-6-4-3-5-17(19)18-12-9-15(13-20(18)21)14-7-10-16(22)11-8-14/h3-7,9-10,12-13,17,19H,8,11H2,1-2H3/t17?,19-/m0/s1. The van der Waals surface area contributed by atoms with E-state index in [-0.39, 0.29) is 5.41 Å². The van der Waals surface area contributed by atoms with E-state index >= 15 is 0 Å². The third-order valence-electron chi connectivity index (χ3n) is 5.54. The first-order valence-corrected chi connectivity index (χ1v) is 9.20. The molecule has 1 aromatic rings. The molecule has 1 unspecified atom stereocenters. The van der Waals surface area contributed by atoms with Gasteiger partial charge in [-0.05, 0) is 72.6 Å². The number of benzene rings is 1. The van der Waals surface area contributed by atoms with Crippen molar-refractivity contribution in [1.29, 1.82) is 0 Å². The minimum Gasteiger partial charge on any atom is -0.0796 e. The van der Waals surface area contributed by atoms with Gasteiger partial charge in [-0.15, -0.1) is 0 Å². The zero-order valence-corrected chi connectivity index (χ0v) is 15.3. The monoisotopic (exact) mass is 400 g/mol. The second-order valence-electron chi connectivity index (χ2n) is 7.15. The fourth-order valence-corrected chi connectivity index (χ4v) is 4.68. The van der Waals surface area contributed by atoms with Crippen molar-refractivity contribution in [3.8, 4) is 0 Å². The van der Waals surface area contributed by atoms with Gasteiger partial charge < -0.3 is 0 Å². The van der Waals surface area contributed by atoms with Crippen LogP contribution in [-0.2, 0) is 5.41 Å². The Morgan fingerprint density at radius 1 is 1.05 bits per heavy atom. The van der Waals surface area contributed by atoms with E-state index in [1.54, 1.807) is 5.56 Å². The lowest BCUT2D eigenvalue weighted by atomic mass is 9.74. The van der Waals surface area contributed by atoms with Crippen molar-refractivity contribution in [1.82, 2.24) is 0 Å². The highest BCUT2D eigenvalue weighted by molar-refractivity contribution is 14.1. The molecule has 0 aliphatic heterocycles. The quantitative estimate of drug-likeness (QED) is 0.486. The Labute approximate surface area is 146 Å². The molecule has 112 valence electrons. The van der Waals surface area contributed by atoms with Gasteiger partial charge in [0.05, 0.1) is 0 Å². The molecule has 3 aliphatic rings. The lowest BCUT2D eigenvalue weighted by molar-refractivity contribution is 0.394. The summed E-state index contributed by atoms with van der Waals surface area (Å²) in [7, 11) is 0. The predicted molar refractivity (Wildman–Crippen MR) is 103 cm³/mol. The van der Waals surface area contributed by atoms with E-state index in [1.807, 2.05) is 0 Å². The lowest BCUT2D eigenvalue weighted by Crippen LogP contribution is -2.24. The Kier molecular flexibility index (Phi) is 3.44. The summed E-state index contributed by atoms with van der Waals surface area (Å²) in [5.74, 6) is 1.16. The first kappa shape index (κ1) is 14.5. The van der Waals surface area contributed by atoms with Crippen molar-refractivity contribution in [2.24, 2.45) is 5.92 Å². The molecule has 0 saturated heterocycles. The Balaban J connectivity index is 1.80. The van der Waals surface area contributed by atoms with Crippen LogP contribution in [0.3, 0.4) is 0 Å². The highest BCUT2D eigenvalue weighted by Gasteiger charge is 2.44. The van der Waals surface area contributed by atoms with Gasteiger partial charge in [-0.3, -0.25) is 0 Å².